The average Bonchev–Trinajstić information content (AvgIpc) is 3.04. The van der Waals surface area contributed by atoms with Crippen LogP contribution in [0.25, 0.3) is 10.8 Å². The van der Waals surface area contributed by atoms with Gasteiger partial charge in [-0.05, 0) is 18.2 Å². The third-order valence-corrected chi connectivity index (χ3v) is 4.03. The minimum Gasteiger partial charge on any atom is -0.372 e. The van der Waals surface area contributed by atoms with E-state index in [0.29, 0.717) is 17.8 Å². The van der Waals surface area contributed by atoms with Gasteiger partial charge in [-0.1, -0.05) is 12.1 Å². The van der Waals surface area contributed by atoms with Crippen molar-refractivity contribution < 1.29 is 9.59 Å². The molecule has 0 radical (unpaired) electrons. The molecule has 0 spiro atoms. The predicted molar refractivity (Wildman–Crippen MR) is 80.0 cm³/mol. The van der Waals surface area contributed by atoms with Gasteiger partial charge in [-0.15, -0.1) is 0 Å². The molecule has 2 aromatic rings. The summed E-state index contributed by atoms with van der Waals surface area (Å²) in [6, 6.07) is 9.33. The molecule has 2 amide bonds. The quantitative estimate of drug-likeness (QED) is 0.810. The van der Waals surface area contributed by atoms with E-state index in [9.17, 15) is 9.59 Å². The van der Waals surface area contributed by atoms with Crippen LogP contribution in [0.4, 0.5) is 5.69 Å². The molecule has 0 saturated heterocycles. The molecule has 104 valence electrons. The number of imide groups is 1. The number of hydrogen-bond donors (Lipinski definition) is 1. The molecule has 2 aliphatic rings. The van der Waals surface area contributed by atoms with Crippen LogP contribution in [0.5, 0.6) is 0 Å². The van der Waals surface area contributed by atoms with Crippen molar-refractivity contribution in [3.05, 3.63) is 53.9 Å². The Morgan fingerprint density at radius 3 is 2.52 bits per heavy atom. The summed E-state index contributed by atoms with van der Waals surface area (Å²) in [7, 11) is 1.52. The zero-order chi connectivity index (χ0) is 14.6. The number of nitrogens with one attached hydrogen (secondary N) is 1. The molecule has 2 heterocycles. The molecular formula is C16H13N3O2. The predicted octanol–water partition coefficient (Wildman–Crippen LogP) is 1.90. The Bertz CT molecular complexity index is 803. The molecule has 0 atom stereocenters. The molecule has 0 bridgehead atoms. The number of anilines is 1. The Hall–Kier alpha value is -2.82. The maximum Gasteiger partial charge on any atom is 0.261 e. The Morgan fingerprint density at radius 2 is 1.81 bits per heavy atom. The summed E-state index contributed by atoms with van der Waals surface area (Å²) in [4.78, 5) is 27.8. The van der Waals surface area contributed by atoms with Gasteiger partial charge in [0.25, 0.3) is 11.8 Å². The fourth-order valence-electron chi connectivity index (χ4n) is 2.96. The number of nitrogens with zero attached hydrogens (tertiary/aromatic N) is 2. The molecule has 0 fully saturated rings. The van der Waals surface area contributed by atoms with Gasteiger partial charge in [0.05, 0.1) is 12.4 Å². The van der Waals surface area contributed by atoms with Crippen molar-refractivity contribution >= 4 is 28.3 Å². The van der Waals surface area contributed by atoms with Gasteiger partial charge in [0, 0.05) is 41.3 Å². The highest BCUT2D eigenvalue weighted by molar-refractivity contribution is 6.26. The molecule has 21 heavy (non-hydrogen) atoms. The molecule has 5 heteroatoms. The zero-order valence-corrected chi connectivity index (χ0v) is 11.5. The molecule has 2 aliphatic heterocycles. The van der Waals surface area contributed by atoms with Gasteiger partial charge < -0.3 is 10.2 Å². The molecule has 0 unspecified atom stereocenters. The number of rotatable bonds is 1. The van der Waals surface area contributed by atoms with Gasteiger partial charge in [0.15, 0.2) is 0 Å². The highest BCUT2D eigenvalue weighted by Crippen LogP contribution is 2.35. The Labute approximate surface area is 121 Å². The van der Waals surface area contributed by atoms with E-state index >= 15 is 0 Å². The first-order chi connectivity index (χ1) is 10.2. The minimum absolute atomic E-state index is 0.245. The summed E-state index contributed by atoms with van der Waals surface area (Å²) in [5, 5.41) is 4.80. The van der Waals surface area contributed by atoms with Crippen LogP contribution in [0.15, 0.2) is 42.7 Å². The van der Waals surface area contributed by atoms with Crippen molar-refractivity contribution in [3.8, 4) is 0 Å². The van der Waals surface area contributed by atoms with Crippen molar-refractivity contribution in [2.24, 2.45) is 0 Å². The lowest BCUT2D eigenvalue weighted by Gasteiger charge is -2.26. The van der Waals surface area contributed by atoms with Crippen molar-refractivity contribution in [3.63, 3.8) is 0 Å². The second-order valence-electron chi connectivity index (χ2n) is 5.18. The fourth-order valence-corrected chi connectivity index (χ4v) is 2.96. The molecule has 4 rings (SSSR count). The van der Waals surface area contributed by atoms with Crippen LogP contribution >= 0.6 is 0 Å². The lowest BCUT2D eigenvalue weighted by atomic mass is 9.93. The number of benzene rings is 2. The van der Waals surface area contributed by atoms with Gasteiger partial charge in [-0.2, -0.15) is 0 Å². The Balaban J connectivity index is 2.06. The fraction of sp³-hybridized carbons (Fsp3) is 0.125. The van der Waals surface area contributed by atoms with Gasteiger partial charge >= 0.3 is 0 Å². The topological polar surface area (TPSA) is 52.7 Å². The number of hydrogen-bond acceptors (Lipinski definition) is 4. The summed E-state index contributed by atoms with van der Waals surface area (Å²) < 4.78 is 0. The first-order valence-electron chi connectivity index (χ1n) is 6.73. The molecular weight excluding hydrogens is 266 g/mol. The van der Waals surface area contributed by atoms with Crippen molar-refractivity contribution in [1.29, 1.82) is 0 Å². The molecule has 2 aromatic carbocycles. The highest BCUT2D eigenvalue weighted by Gasteiger charge is 2.31. The van der Waals surface area contributed by atoms with Crippen molar-refractivity contribution in [2.45, 2.75) is 0 Å². The SMILES string of the molecule is CN1C(=O)c2cccc3c(N4C=CNC4)ccc(c23)C1=O. The molecule has 0 saturated carbocycles. The standard InChI is InChI=1S/C16H13N3O2/c1-18-15(20)11-4-2-3-10-13(19-8-7-17-9-19)6-5-12(14(10)11)16(18)21/h2-8,17H,9H2,1H3. The second kappa shape index (κ2) is 4.09. The number of carbonyl (C=O) groups excluding carboxylic acids is 2. The minimum atomic E-state index is -0.245. The smallest absolute Gasteiger partial charge is 0.261 e. The van der Waals surface area contributed by atoms with Crippen molar-refractivity contribution in [1.82, 2.24) is 10.2 Å². The van der Waals surface area contributed by atoms with E-state index in [-0.39, 0.29) is 11.8 Å². The van der Waals surface area contributed by atoms with Crippen LogP contribution in [-0.2, 0) is 0 Å². The zero-order valence-electron chi connectivity index (χ0n) is 11.5. The third kappa shape index (κ3) is 1.51. The second-order valence-corrected chi connectivity index (χ2v) is 5.18. The summed E-state index contributed by atoms with van der Waals surface area (Å²) in [5.41, 5.74) is 2.16. The Kier molecular flexibility index (Phi) is 2.33. The maximum absolute atomic E-state index is 12.3. The van der Waals surface area contributed by atoms with Gasteiger partial charge in [-0.25, -0.2) is 0 Å². The van der Waals surface area contributed by atoms with Crippen LogP contribution in [0, 0.1) is 0 Å². The summed E-state index contributed by atoms with van der Waals surface area (Å²) in [6.07, 6.45) is 3.82. The molecule has 0 aliphatic carbocycles. The van der Waals surface area contributed by atoms with E-state index in [1.54, 1.807) is 12.1 Å². The van der Waals surface area contributed by atoms with Crippen LogP contribution in [0.1, 0.15) is 20.7 Å². The Morgan fingerprint density at radius 1 is 1.05 bits per heavy atom. The van der Waals surface area contributed by atoms with Crippen LogP contribution in [0.2, 0.25) is 0 Å². The van der Waals surface area contributed by atoms with E-state index < -0.39 is 0 Å². The summed E-state index contributed by atoms with van der Waals surface area (Å²) >= 11 is 0. The first-order valence-corrected chi connectivity index (χ1v) is 6.73. The first kappa shape index (κ1) is 12.0. The monoisotopic (exact) mass is 279 g/mol. The van der Waals surface area contributed by atoms with Crippen LogP contribution < -0.4 is 10.2 Å². The summed E-state index contributed by atoms with van der Waals surface area (Å²) in [5.74, 6) is -0.490. The molecule has 5 nitrogen and oxygen atoms in total. The van der Waals surface area contributed by atoms with E-state index in [4.69, 9.17) is 0 Å². The molecule has 0 aromatic heterocycles. The van der Waals surface area contributed by atoms with E-state index in [0.717, 1.165) is 16.5 Å². The summed E-state index contributed by atoms with van der Waals surface area (Å²) in [6.45, 7) is 0.681. The van der Waals surface area contributed by atoms with Crippen LogP contribution in [0.3, 0.4) is 0 Å². The van der Waals surface area contributed by atoms with E-state index in [2.05, 4.69) is 10.2 Å². The lowest BCUT2D eigenvalue weighted by Crippen LogP contribution is -2.37. The van der Waals surface area contributed by atoms with Crippen molar-refractivity contribution in [2.75, 3.05) is 18.6 Å². The normalized spacial score (nSPS) is 16.8. The van der Waals surface area contributed by atoms with Gasteiger partial charge in [-0.3, -0.25) is 14.5 Å². The highest BCUT2D eigenvalue weighted by atomic mass is 16.2. The third-order valence-electron chi connectivity index (χ3n) is 4.03. The van der Waals surface area contributed by atoms with Crippen LogP contribution in [-0.4, -0.2) is 30.4 Å². The number of amides is 2. The maximum atomic E-state index is 12.3. The molecule has 1 N–H and O–H groups in total. The van der Waals surface area contributed by atoms with E-state index in [1.807, 2.05) is 30.6 Å². The lowest BCUT2D eigenvalue weighted by molar-refractivity contribution is 0.0651. The van der Waals surface area contributed by atoms with Gasteiger partial charge in [0.1, 0.15) is 0 Å². The number of carbonyl (C=O) groups is 2. The van der Waals surface area contributed by atoms with Gasteiger partial charge in [0.2, 0.25) is 0 Å². The largest absolute Gasteiger partial charge is 0.372 e. The van der Waals surface area contributed by atoms with E-state index in [1.165, 1.54) is 11.9 Å². The average molecular weight is 279 g/mol.